The molecule has 0 rings (SSSR count). The minimum absolute atomic E-state index is 0.337. The largest absolute Gasteiger partial charge is 0.327 e. The van der Waals surface area contributed by atoms with E-state index in [-0.39, 0.29) is 0 Å². The second-order valence-electron chi connectivity index (χ2n) is 4.43. The van der Waals surface area contributed by atoms with Crippen LogP contribution in [0.1, 0.15) is 40.5 Å². The molecule has 0 amide bonds. The molecule has 2 heteroatoms. The molecule has 0 aliphatic heterocycles. The van der Waals surface area contributed by atoms with Crippen molar-refractivity contribution in [3.63, 3.8) is 0 Å². The molecule has 3 N–H and O–H groups in total. The lowest BCUT2D eigenvalue weighted by Gasteiger charge is -2.18. The zero-order valence-electron chi connectivity index (χ0n) is 9.64. The molecule has 0 bridgehead atoms. The number of hydrogen-bond acceptors (Lipinski definition) is 2. The van der Waals surface area contributed by atoms with Gasteiger partial charge in [-0.15, -0.1) is 0 Å². The Morgan fingerprint density at radius 2 is 1.77 bits per heavy atom. The third-order valence-corrected chi connectivity index (χ3v) is 2.67. The van der Waals surface area contributed by atoms with Crippen LogP contribution < -0.4 is 11.1 Å². The lowest BCUT2D eigenvalue weighted by atomic mass is 9.98. The average Bonchev–Trinajstić information content (AvgIpc) is 2.04. The molecule has 0 saturated heterocycles. The van der Waals surface area contributed by atoms with E-state index >= 15 is 0 Å². The van der Waals surface area contributed by atoms with Crippen LogP contribution in [0.5, 0.6) is 0 Å². The third-order valence-electron chi connectivity index (χ3n) is 2.67. The minimum atomic E-state index is 0.337. The summed E-state index contributed by atoms with van der Waals surface area (Å²) in [5.41, 5.74) is 5.88. The van der Waals surface area contributed by atoms with Crippen molar-refractivity contribution in [3.05, 3.63) is 0 Å². The van der Waals surface area contributed by atoms with E-state index < -0.39 is 0 Å². The van der Waals surface area contributed by atoms with Crippen molar-refractivity contribution >= 4 is 0 Å². The fourth-order valence-corrected chi connectivity index (χ4v) is 1.20. The van der Waals surface area contributed by atoms with Crippen LogP contribution in [-0.4, -0.2) is 19.1 Å². The highest BCUT2D eigenvalue weighted by molar-refractivity contribution is 4.66. The normalized spacial score (nSPS) is 16.2. The molecule has 2 nitrogen and oxygen atoms in total. The summed E-state index contributed by atoms with van der Waals surface area (Å²) in [6, 6.07) is 0.337. The van der Waals surface area contributed by atoms with Crippen LogP contribution in [0.3, 0.4) is 0 Å². The van der Waals surface area contributed by atoms with Crippen molar-refractivity contribution in [2.75, 3.05) is 13.1 Å². The van der Waals surface area contributed by atoms with Gasteiger partial charge in [0.2, 0.25) is 0 Å². The molecular formula is C11H26N2. The van der Waals surface area contributed by atoms with Crippen LogP contribution in [0.15, 0.2) is 0 Å². The number of rotatable bonds is 7. The van der Waals surface area contributed by atoms with Crippen molar-refractivity contribution in [2.24, 2.45) is 17.6 Å². The van der Waals surface area contributed by atoms with Crippen LogP contribution in [0.4, 0.5) is 0 Å². The second kappa shape index (κ2) is 7.34. The topological polar surface area (TPSA) is 38.0 Å². The maximum absolute atomic E-state index is 5.88. The van der Waals surface area contributed by atoms with Gasteiger partial charge in [0, 0.05) is 12.6 Å². The molecule has 0 saturated carbocycles. The predicted molar refractivity (Wildman–Crippen MR) is 59.8 cm³/mol. The highest BCUT2D eigenvalue weighted by Gasteiger charge is 2.07. The molecule has 80 valence electrons. The first-order chi connectivity index (χ1) is 6.07. The maximum atomic E-state index is 5.88. The highest BCUT2D eigenvalue weighted by Crippen LogP contribution is 2.07. The van der Waals surface area contributed by atoms with Crippen molar-refractivity contribution in [1.29, 1.82) is 0 Å². The molecular weight excluding hydrogens is 160 g/mol. The molecule has 0 aromatic heterocycles. The number of nitrogens with two attached hydrogens (primary N) is 1. The van der Waals surface area contributed by atoms with Crippen molar-refractivity contribution < 1.29 is 0 Å². The van der Waals surface area contributed by atoms with Gasteiger partial charge in [-0.2, -0.15) is 0 Å². The lowest BCUT2D eigenvalue weighted by Crippen LogP contribution is -2.36. The van der Waals surface area contributed by atoms with Gasteiger partial charge in [-0.3, -0.25) is 0 Å². The van der Waals surface area contributed by atoms with E-state index in [0.29, 0.717) is 6.04 Å². The van der Waals surface area contributed by atoms with Gasteiger partial charge >= 0.3 is 0 Å². The van der Waals surface area contributed by atoms with Crippen LogP contribution in [0.25, 0.3) is 0 Å². The first kappa shape index (κ1) is 12.9. The smallest absolute Gasteiger partial charge is 0.0165 e. The maximum Gasteiger partial charge on any atom is 0.0165 e. The Balaban J connectivity index is 3.33. The number of nitrogens with one attached hydrogen (secondary N) is 1. The summed E-state index contributed by atoms with van der Waals surface area (Å²) in [7, 11) is 0. The van der Waals surface area contributed by atoms with Gasteiger partial charge in [0.1, 0.15) is 0 Å². The SMILES string of the molecule is CCCC(N)CNCC(C)C(C)C. The average molecular weight is 186 g/mol. The van der Waals surface area contributed by atoms with Gasteiger partial charge in [-0.1, -0.05) is 34.1 Å². The van der Waals surface area contributed by atoms with Crippen LogP contribution >= 0.6 is 0 Å². The van der Waals surface area contributed by atoms with E-state index in [1.165, 1.54) is 6.42 Å². The summed E-state index contributed by atoms with van der Waals surface area (Å²) in [4.78, 5) is 0. The molecule has 2 atom stereocenters. The van der Waals surface area contributed by atoms with Crippen LogP contribution in [0.2, 0.25) is 0 Å². The summed E-state index contributed by atoms with van der Waals surface area (Å²) < 4.78 is 0. The van der Waals surface area contributed by atoms with E-state index in [9.17, 15) is 0 Å². The first-order valence-electron chi connectivity index (χ1n) is 5.54. The van der Waals surface area contributed by atoms with Gasteiger partial charge in [-0.25, -0.2) is 0 Å². The zero-order valence-corrected chi connectivity index (χ0v) is 9.64. The Hall–Kier alpha value is -0.0800. The predicted octanol–water partition coefficient (Wildman–Crippen LogP) is 2.00. The highest BCUT2D eigenvalue weighted by atomic mass is 14.9. The molecule has 0 aliphatic carbocycles. The molecule has 0 aromatic carbocycles. The summed E-state index contributed by atoms with van der Waals surface area (Å²) >= 11 is 0. The molecule has 0 fully saturated rings. The van der Waals surface area contributed by atoms with E-state index in [1.54, 1.807) is 0 Å². The minimum Gasteiger partial charge on any atom is -0.327 e. The Morgan fingerprint density at radius 1 is 1.15 bits per heavy atom. The van der Waals surface area contributed by atoms with Gasteiger partial charge < -0.3 is 11.1 Å². The Kier molecular flexibility index (Phi) is 7.29. The van der Waals surface area contributed by atoms with Crippen molar-refractivity contribution in [1.82, 2.24) is 5.32 Å². The molecule has 0 heterocycles. The summed E-state index contributed by atoms with van der Waals surface area (Å²) in [5, 5.41) is 3.43. The van der Waals surface area contributed by atoms with Gasteiger partial charge in [0.05, 0.1) is 0 Å². The van der Waals surface area contributed by atoms with Crippen molar-refractivity contribution in [3.8, 4) is 0 Å². The summed E-state index contributed by atoms with van der Waals surface area (Å²) in [6.07, 6.45) is 2.31. The fraction of sp³-hybridized carbons (Fsp3) is 1.00. The fourth-order valence-electron chi connectivity index (χ4n) is 1.20. The molecule has 0 spiro atoms. The van der Waals surface area contributed by atoms with Gasteiger partial charge in [0.15, 0.2) is 0 Å². The molecule has 0 aromatic rings. The van der Waals surface area contributed by atoms with Gasteiger partial charge in [0.25, 0.3) is 0 Å². The van der Waals surface area contributed by atoms with Crippen molar-refractivity contribution in [2.45, 2.75) is 46.6 Å². The Morgan fingerprint density at radius 3 is 2.23 bits per heavy atom. The standard InChI is InChI=1S/C11H26N2/c1-5-6-11(12)8-13-7-10(4)9(2)3/h9-11,13H,5-8,12H2,1-4H3. The first-order valence-corrected chi connectivity index (χ1v) is 5.54. The third kappa shape index (κ3) is 7.03. The second-order valence-corrected chi connectivity index (χ2v) is 4.43. The Labute approximate surface area is 83.3 Å². The lowest BCUT2D eigenvalue weighted by molar-refractivity contribution is 0.384. The van der Waals surface area contributed by atoms with Gasteiger partial charge in [-0.05, 0) is 24.8 Å². The quantitative estimate of drug-likeness (QED) is 0.638. The summed E-state index contributed by atoms with van der Waals surface area (Å²) in [5.74, 6) is 1.50. The monoisotopic (exact) mass is 186 g/mol. The number of hydrogen-bond donors (Lipinski definition) is 2. The van der Waals surface area contributed by atoms with E-state index in [2.05, 4.69) is 33.0 Å². The zero-order chi connectivity index (χ0) is 10.3. The molecule has 2 unspecified atom stereocenters. The molecule has 0 radical (unpaired) electrons. The summed E-state index contributed by atoms with van der Waals surface area (Å²) in [6.45, 7) is 11.0. The van der Waals surface area contributed by atoms with E-state index in [1.807, 2.05) is 0 Å². The van der Waals surface area contributed by atoms with Crippen LogP contribution in [0, 0.1) is 11.8 Å². The van der Waals surface area contributed by atoms with E-state index in [0.717, 1.165) is 31.3 Å². The van der Waals surface area contributed by atoms with Crippen LogP contribution in [-0.2, 0) is 0 Å². The molecule has 13 heavy (non-hydrogen) atoms. The molecule has 0 aliphatic rings. The Bertz CT molecular complexity index is 113. The van der Waals surface area contributed by atoms with E-state index in [4.69, 9.17) is 5.73 Å².